The number of ether oxygens (including phenoxy) is 3. The SMILES string of the molecule is COCC[C@@H]1CCCCN1C(=O)C[C@@]1(c2cccc(OC)c2)CC(=O)N(CCOC)C1=O. The van der Waals surface area contributed by atoms with Gasteiger partial charge in [-0.3, -0.25) is 19.3 Å². The predicted molar refractivity (Wildman–Crippen MR) is 118 cm³/mol. The van der Waals surface area contributed by atoms with Gasteiger partial charge in [0.1, 0.15) is 5.75 Å². The number of carbonyl (C=O) groups is 3. The second-order valence-electron chi connectivity index (χ2n) is 8.53. The predicted octanol–water partition coefficient (Wildman–Crippen LogP) is 2.15. The van der Waals surface area contributed by atoms with Gasteiger partial charge in [-0.25, -0.2) is 0 Å². The quantitative estimate of drug-likeness (QED) is 0.512. The Bertz CT molecular complexity index is 828. The molecule has 0 aliphatic carbocycles. The molecular formula is C24H34N2O6. The first kappa shape index (κ1) is 24.2. The van der Waals surface area contributed by atoms with Crippen molar-refractivity contribution in [3.63, 3.8) is 0 Å². The topological polar surface area (TPSA) is 85.4 Å². The summed E-state index contributed by atoms with van der Waals surface area (Å²) < 4.78 is 15.7. The molecule has 3 amide bonds. The van der Waals surface area contributed by atoms with Crippen LogP contribution in [0.1, 0.15) is 44.1 Å². The molecule has 3 rings (SSSR count). The number of piperidine rings is 1. The average molecular weight is 447 g/mol. The number of nitrogens with zero attached hydrogens (tertiary/aromatic N) is 2. The van der Waals surface area contributed by atoms with Gasteiger partial charge in [-0.05, 0) is 43.4 Å². The van der Waals surface area contributed by atoms with E-state index in [1.165, 1.54) is 12.0 Å². The van der Waals surface area contributed by atoms with Crippen molar-refractivity contribution < 1.29 is 28.6 Å². The van der Waals surface area contributed by atoms with Gasteiger partial charge in [0, 0.05) is 46.3 Å². The van der Waals surface area contributed by atoms with E-state index in [0.29, 0.717) is 24.5 Å². The van der Waals surface area contributed by atoms with Crippen molar-refractivity contribution in [2.45, 2.75) is 50.0 Å². The van der Waals surface area contributed by atoms with E-state index in [1.807, 2.05) is 4.90 Å². The van der Waals surface area contributed by atoms with Crippen LogP contribution in [-0.4, -0.2) is 81.2 Å². The maximum Gasteiger partial charge on any atom is 0.240 e. The number of amides is 3. The fourth-order valence-corrected chi connectivity index (χ4v) is 4.84. The minimum atomic E-state index is -1.24. The average Bonchev–Trinajstić information content (AvgIpc) is 3.06. The molecule has 2 fully saturated rings. The first-order valence-corrected chi connectivity index (χ1v) is 11.2. The van der Waals surface area contributed by atoms with E-state index in [0.717, 1.165) is 25.7 Å². The van der Waals surface area contributed by atoms with Crippen LogP contribution in [0.2, 0.25) is 0 Å². The van der Waals surface area contributed by atoms with Crippen LogP contribution >= 0.6 is 0 Å². The molecule has 2 heterocycles. The van der Waals surface area contributed by atoms with E-state index in [1.54, 1.807) is 38.5 Å². The molecule has 8 nitrogen and oxygen atoms in total. The lowest BCUT2D eigenvalue weighted by Crippen LogP contribution is -2.48. The molecule has 0 radical (unpaired) electrons. The van der Waals surface area contributed by atoms with Crippen LogP contribution in [0.15, 0.2) is 24.3 Å². The summed E-state index contributed by atoms with van der Waals surface area (Å²) in [5, 5.41) is 0. The first-order valence-electron chi connectivity index (χ1n) is 11.2. The fraction of sp³-hybridized carbons (Fsp3) is 0.625. The summed E-state index contributed by atoms with van der Waals surface area (Å²) in [7, 11) is 4.74. The van der Waals surface area contributed by atoms with Gasteiger partial charge in [-0.2, -0.15) is 0 Å². The molecule has 2 saturated heterocycles. The van der Waals surface area contributed by atoms with E-state index < -0.39 is 5.41 Å². The summed E-state index contributed by atoms with van der Waals surface area (Å²) >= 11 is 0. The minimum Gasteiger partial charge on any atom is -0.497 e. The van der Waals surface area contributed by atoms with E-state index in [-0.39, 0.29) is 49.8 Å². The Balaban J connectivity index is 1.93. The third kappa shape index (κ3) is 4.96. The van der Waals surface area contributed by atoms with Crippen LogP contribution in [0.5, 0.6) is 5.75 Å². The van der Waals surface area contributed by atoms with Gasteiger partial charge < -0.3 is 19.1 Å². The monoisotopic (exact) mass is 446 g/mol. The summed E-state index contributed by atoms with van der Waals surface area (Å²) in [6.45, 7) is 1.67. The van der Waals surface area contributed by atoms with Gasteiger partial charge in [0.2, 0.25) is 17.7 Å². The number of rotatable bonds is 10. The summed E-state index contributed by atoms with van der Waals surface area (Å²) in [5.74, 6) is -0.131. The zero-order chi connectivity index (χ0) is 23.1. The van der Waals surface area contributed by atoms with E-state index >= 15 is 0 Å². The highest BCUT2D eigenvalue weighted by Gasteiger charge is 2.54. The summed E-state index contributed by atoms with van der Waals surface area (Å²) in [5.41, 5.74) is -0.603. The number of hydrogen-bond acceptors (Lipinski definition) is 6. The molecule has 1 aromatic rings. The van der Waals surface area contributed by atoms with Crippen molar-refractivity contribution in [3.8, 4) is 5.75 Å². The molecule has 2 aliphatic heterocycles. The number of benzene rings is 1. The van der Waals surface area contributed by atoms with Gasteiger partial charge in [0.05, 0.1) is 25.7 Å². The number of imide groups is 1. The van der Waals surface area contributed by atoms with Crippen LogP contribution < -0.4 is 4.74 Å². The molecule has 0 spiro atoms. The Morgan fingerprint density at radius 2 is 1.91 bits per heavy atom. The van der Waals surface area contributed by atoms with Gasteiger partial charge in [0.15, 0.2) is 0 Å². The maximum atomic E-state index is 13.6. The summed E-state index contributed by atoms with van der Waals surface area (Å²) in [4.78, 5) is 43.2. The van der Waals surface area contributed by atoms with E-state index in [2.05, 4.69) is 0 Å². The molecule has 0 unspecified atom stereocenters. The normalized spacial score (nSPS) is 23.7. The van der Waals surface area contributed by atoms with Crippen LogP contribution in [0, 0.1) is 0 Å². The number of carbonyl (C=O) groups excluding carboxylic acids is 3. The largest absolute Gasteiger partial charge is 0.497 e. The standard InChI is InChI=1S/C24H34N2O6/c1-30-13-10-19-8-4-5-11-25(19)21(27)16-24(18-7-6-9-20(15-18)32-3)17-22(28)26(23(24)29)12-14-31-2/h6-7,9,15,19H,4-5,8,10-14,16-17H2,1-3H3/t19-,24-/m0/s1. The first-order chi connectivity index (χ1) is 15.5. The third-order valence-corrected chi connectivity index (χ3v) is 6.61. The van der Waals surface area contributed by atoms with Crippen molar-refractivity contribution in [2.75, 3.05) is 47.6 Å². The second kappa shape index (κ2) is 10.9. The van der Waals surface area contributed by atoms with Gasteiger partial charge in [-0.1, -0.05) is 12.1 Å². The fourth-order valence-electron chi connectivity index (χ4n) is 4.84. The Morgan fingerprint density at radius 1 is 1.12 bits per heavy atom. The van der Waals surface area contributed by atoms with E-state index in [4.69, 9.17) is 14.2 Å². The van der Waals surface area contributed by atoms with Gasteiger partial charge in [-0.15, -0.1) is 0 Å². The third-order valence-electron chi connectivity index (χ3n) is 6.61. The van der Waals surface area contributed by atoms with Gasteiger partial charge >= 0.3 is 0 Å². The molecule has 8 heteroatoms. The van der Waals surface area contributed by atoms with Crippen LogP contribution in [0.25, 0.3) is 0 Å². The molecule has 0 N–H and O–H groups in total. The lowest BCUT2D eigenvalue weighted by atomic mass is 9.75. The molecule has 0 saturated carbocycles. The van der Waals surface area contributed by atoms with Crippen molar-refractivity contribution in [3.05, 3.63) is 29.8 Å². The van der Waals surface area contributed by atoms with Crippen molar-refractivity contribution in [1.82, 2.24) is 9.80 Å². The molecule has 32 heavy (non-hydrogen) atoms. The molecule has 2 aliphatic rings. The summed E-state index contributed by atoms with van der Waals surface area (Å²) in [6.07, 6.45) is 3.62. The Kier molecular flexibility index (Phi) is 8.26. The lowest BCUT2D eigenvalue weighted by molar-refractivity contribution is -0.144. The van der Waals surface area contributed by atoms with Crippen LogP contribution in [0.3, 0.4) is 0 Å². The highest BCUT2D eigenvalue weighted by molar-refractivity contribution is 6.10. The van der Waals surface area contributed by atoms with Crippen molar-refractivity contribution >= 4 is 17.7 Å². The van der Waals surface area contributed by atoms with Crippen LogP contribution in [0.4, 0.5) is 0 Å². The molecule has 0 aromatic heterocycles. The Labute approximate surface area is 189 Å². The Morgan fingerprint density at radius 3 is 2.62 bits per heavy atom. The zero-order valence-electron chi connectivity index (χ0n) is 19.3. The molecule has 0 bridgehead atoms. The van der Waals surface area contributed by atoms with Crippen molar-refractivity contribution in [1.29, 1.82) is 0 Å². The molecular weight excluding hydrogens is 412 g/mol. The molecule has 2 atom stereocenters. The number of hydrogen-bond donors (Lipinski definition) is 0. The lowest BCUT2D eigenvalue weighted by Gasteiger charge is -2.38. The molecule has 176 valence electrons. The van der Waals surface area contributed by atoms with Crippen molar-refractivity contribution in [2.24, 2.45) is 0 Å². The summed E-state index contributed by atoms with van der Waals surface area (Å²) in [6, 6.07) is 7.23. The highest BCUT2D eigenvalue weighted by atomic mass is 16.5. The Hall–Kier alpha value is -2.45. The maximum absolute atomic E-state index is 13.6. The van der Waals surface area contributed by atoms with Crippen LogP contribution in [-0.2, 0) is 29.3 Å². The highest BCUT2D eigenvalue weighted by Crippen LogP contribution is 2.42. The molecule has 1 aromatic carbocycles. The van der Waals surface area contributed by atoms with E-state index in [9.17, 15) is 14.4 Å². The van der Waals surface area contributed by atoms with Gasteiger partial charge in [0.25, 0.3) is 0 Å². The second-order valence-corrected chi connectivity index (χ2v) is 8.53. The number of likely N-dealkylation sites (tertiary alicyclic amines) is 2. The number of methoxy groups -OCH3 is 3. The zero-order valence-corrected chi connectivity index (χ0v) is 19.3. The minimum absolute atomic E-state index is 0.0367. The smallest absolute Gasteiger partial charge is 0.240 e.